The minimum absolute atomic E-state index is 0.0977. The summed E-state index contributed by atoms with van der Waals surface area (Å²) in [7, 11) is -3.95. The molecule has 0 fully saturated rings. The lowest BCUT2D eigenvalue weighted by molar-refractivity contribution is -0.142. The monoisotopic (exact) mass is 425 g/mol. The summed E-state index contributed by atoms with van der Waals surface area (Å²) in [5.74, 6) is -1.17. The van der Waals surface area contributed by atoms with E-state index >= 15 is 0 Å². The lowest BCUT2D eigenvalue weighted by Gasteiger charge is -2.33. The predicted octanol–water partition coefficient (Wildman–Crippen LogP) is 4.21. The number of hydrogen-bond acceptors (Lipinski definition) is 4. The van der Waals surface area contributed by atoms with Gasteiger partial charge >= 0.3 is 5.97 Å². The molecule has 1 atom stereocenters. The molecule has 0 radical (unpaired) electrons. The third kappa shape index (κ3) is 3.94. The second-order valence-corrected chi connectivity index (χ2v) is 9.73. The molecule has 0 spiro atoms. The highest BCUT2D eigenvalue weighted by Crippen LogP contribution is 2.35. The van der Waals surface area contributed by atoms with Crippen molar-refractivity contribution in [3.63, 3.8) is 0 Å². The number of fused-ring (bicyclic) bond motifs is 1. The van der Waals surface area contributed by atoms with E-state index in [9.17, 15) is 18.3 Å². The molecule has 3 aromatic carbocycles. The number of rotatable bonds is 5. The van der Waals surface area contributed by atoms with E-state index in [1.807, 2.05) is 42.5 Å². The first-order valence-electron chi connectivity index (χ1n) is 9.12. The summed E-state index contributed by atoms with van der Waals surface area (Å²) >= 11 is 1.54. The Labute approximate surface area is 174 Å². The maximum absolute atomic E-state index is 13.2. The van der Waals surface area contributed by atoms with E-state index in [0.29, 0.717) is 12.0 Å². The fraction of sp³-hybridized carbons (Fsp3) is 0.136. The van der Waals surface area contributed by atoms with Crippen molar-refractivity contribution in [1.82, 2.24) is 4.31 Å². The van der Waals surface area contributed by atoms with E-state index < -0.39 is 22.0 Å². The molecule has 0 unspecified atom stereocenters. The fourth-order valence-corrected chi connectivity index (χ4v) is 5.90. The van der Waals surface area contributed by atoms with Crippen molar-refractivity contribution in [2.24, 2.45) is 0 Å². The van der Waals surface area contributed by atoms with Crippen LogP contribution in [0.4, 0.5) is 0 Å². The molecule has 7 heteroatoms. The molecule has 0 bridgehead atoms. The maximum Gasteiger partial charge on any atom is 0.326 e. The number of nitrogens with zero attached hydrogens (tertiary/aromatic N) is 1. The second-order valence-electron chi connectivity index (χ2n) is 6.69. The third-order valence-corrected chi connectivity index (χ3v) is 7.78. The fourth-order valence-electron chi connectivity index (χ4n) is 3.50. The topological polar surface area (TPSA) is 74.7 Å². The van der Waals surface area contributed by atoms with Crippen LogP contribution in [0.25, 0.3) is 0 Å². The highest BCUT2D eigenvalue weighted by molar-refractivity contribution is 7.99. The van der Waals surface area contributed by atoms with E-state index in [0.717, 1.165) is 19.7 Å². The molecule has 0 aromatic heterocycles. The van der Waals surface area contributed by atoms with Crippen molar-refractivity contribution in [2.45, 2.75) is 27.1 Å². The molecule has 1 aliphatic heterocycles. The van der Waals surface area contributed by atoms with E-state index in [4.69, 9.17) is 0 Å². The van der Waals surface area contributed by atoms with Crippen LogP contribution in [0.15, 0.2) is 93.5 Å². The lowest BCUT2D eigenvalue weighted by Crippen LogP contribution is -2.43. The molecular weight excluding hydrogens is 406 g/mol. The van der Waals surface area contributed by atoms with Gasteiger partial charge in [-0.2, -0.15) is 4.31 Å². The van der Waals surface area contributed by atoms with Gasteiger partial charge in [0.25, 0.3) is 0 Å². The maximum atomic E-state index is 13.2. The molecule has 5 nitrogen and oxygen atoms in total. The SMILES string of the molecule is O=C(O)[C@H]1c2ccccc2CCN1S(=O)(=O)c1ccc(Sc2ccccc2)cc1. The highest BCUT2D eigenvalue weighted by Gasteiger charge is 2.40. The Balaban J connectivity index is 1.63. The van der Waals surface area contributed by atoms with Gasteiger partial charge in [0.2, 0.25) is 10.0 Å². The average molecular weight is 426 g/mol. The Morgan fingerprint density at radius 1 is 0.897 bits per heavy atom. The number of hydrogen-bond donors (Lipinski definition) is 1. The zero-order chi connectivity index (χ0) is 20.4. The van der Waals surface area contributed by atoms with Crippen molar-refractivity contribution < 1.29 is 18.3 Å². The molecule has 0 aliphatic carbocycles. The van der Waals surface area contributed by atoms with E-state index in [-0.39, 0.29) is 11.4 Å². The molecule has 148 valence electrons. The Bertz CT molecular complexity index is 1130. The van der Waals surface area contributed by atoms with Crippen LogP contribution in [-0.4, -0.2) is 30.3 Å². The molecule has 29 heavy (non-hydrogen) atoms. The Kier molecular flexibility index (Phi) is 5.45. The molecule has 0 saturated carbocycles. The Hall–Kier alpha value is -2.61. The molecular formula is C22H19NO4S2. The molecule has 0 amide bonds. The highest BCUT2D eigenvalue weighted by atomic mass is 32.2. The van der Waals surface area contributed by atoms with Gasteiger partial charge in [-0.15, -0.1) is 0 Å². The van der Waals surface area contributed by atoms with Crippen LogP contribution in [0.5, 0.6) is 0 Å². The van der Waals surface area contributed by atoms with Gasteiger partial charge in [0.05, 0.1) is 4.90 Å². The third-order valence-electron chi connectivity index (χ3n) is 4.88. The first-order valence-corrected chi connectivity index (χ1v) is 11.4. The molecule has 4 rings (SSSR count). The standard InChI is InChI=1S/C22H19NO4S2/c24-22(25)21-20-9-5-4-6-16(20)14-15-23(21)29(26,27)19-12-10-18(11-13-19)28-17-7-2-1-3-8-17/h1-13,21H,14-15H2,(H,24,25)/t21-/m1/s1. The Morgan fingerprint density at radius 2 is 1.52 bits per heavy atom. The summed E-state index contributed by atoms with van der Waals surface area (Å²) in [6.07, 6.45) is 0.487. The molecule has 3 aromatic rings. The molecule has 1 heterocycles. The van der Waals surface area contributed by atoms with Crippen LogP contribution in [0.1, 0.15) is 17.2 Å². The van der Waals surface area contributed by atoms with Crippen molar-refractivity contribution in [3.05, 3.63) is 90.0 Å². The van der Waals surface area contributed by atoms with Gasteiger partial charge in [-0.3, -0.25) is 4.79 Å². The Morgan fingerprint density at radius 3 is 2.21 bits per heavy atom. The first-order chi connectivity index (χ1) is 14.0. The van der Waals surface area contributed by atoms with E-state index in [1.165, 1.54) is 11.8 Å². The van der Waals surface area contributed by atoms with Crippen molar-refractivity contribution in [1.29, 1.82) is 0 Å². The summed E-state index contributed by atoms with van der Waals surface area (Å²) in [5.41, 5.74) is 1.41. The number of sulfonamides is 1. The summed E-state index contributed by atoms with van der Waals surface area (Å²) in [5, 5.41) is 9.76. The largest absolute Gasteiger partial charge is 0.480 e. The summed E-state index contributed by atoms with van der Waals surface area (Å²) < 4.78 is 27.6. The van der Waals surface area contributed by atoms with Crippen molar-refractivity contribution in [3.8, 4) is 0 Å². The predicted molar refractivity (Wildman–Crippen MR) is 111 cm³/mol. The quantitative estimate of drug-likeness (QED) is 0.663. The summed E-state index contributed by atoms with van der Waals surface area (Å²) in [6, 6.07) is 22.3. The van der Waals surface area contributed by atoms with Gasteiger partial charge in [-0.25, -0.2) is 8.42 Å². The van der Waals surface area contributed by atoms with E-state index in [2.05, 4.69) is 0 Å². The minimum atomic E-state index is -3.95. The van der Waals surface area contributed by atoms with Gasteiger partial charge in [-0.1, -0.05) is 54.2 Å². The lowest BCUT2D eigenvalue weighted by atomic mass is 9.94. The second kappa shape index (κ2) is 8.02. The molecule has 1 N–H and O–H groups in total. The van der Waals surface area contributed by atoms with Crippen molar-refractivity contribution in [2.75, 3.05) is 6.54 Å². The number of carbonyl (C=O) groups is 1. The van der Waals surface area contributed by atoms with Gasteiger partial charge < -0.3 is 5.11 Å². The first kappa shape index (κ1) is 19.7. The number of benzene rings is 3. The van der Waals surface area contributed by atoms with Crippen LogP contribution in [0.3, 0.4) is 0 Å². The molecule has 0 saturated heterocycles. The number of carboxylic acid groups (broad SMARTS) is 1. The van der Waals surface area contributed by atoms with Crippen LogP contribution >= 0.6 is 11.8 Å². The average Bonchev–Trinajstić information content (AvgIpc) is 2.74. The van der Waals surface area contributed by atoms with Gasteiger partial charge in [0, 0.05) is 16.3 Å². The summed E-state index contributed by atoms with van der Waals surface area (Å²) in [6.45, 7) is 0.136. The van der Waals surface area contributed by atoms with Crippen molar-refractivity contribution >= 4 is 27.8 Å². The number of carboxylic acids is 1. The zero-order valence-corrected chi connectivity index (χ0v) is 17.1. The van der Waals surface area contributed by atoms with Crippen LogP contribution in [-0.2, 0) is 21.2 Å². The van der Waals surface area contributed by atoms with Gasteiger partial charge in [0.15, 0.2) is 0 Å². The summed E-state index contributed by atoms with van der Waals surface area (Å²) in [4.78, 5) is 14.0. The van der Waals surface area contributed by atoms with Crippen LogP contribution in [0, 0.1) is 0 Å². The minimum Gasteiger partial charge on any atom is -0.480 e. The van der Waals surface area contributed by atoms with E-state index in [1.54, 1.807) is 36.4 Å². The van der Waals surface area contributed by atoms with Crippen LogP contribution < -0.4 is 0 Å². The molecule has 1 aliphatic rings. The number of aliphatic carboxylic acids is 1. The van der Waals surface area contributed by atoms with Gasteiger partial charge in [-0.05, 0) is 53.9 Å². The van der Waals surface area contributed by atoms with Gasteiger partial charge in [0.1, 0.15) is 6.04 Å². The normalized spacial score (nSPS) is 16.9. The zero-order valence-electron chi connectivity index (χ0n) is 15.4. The van der Waals surface area contributed by atoms with Crippen LogP contribution in [0.2, 0.25) is 0 Å². The smallest absolute Gasteiger partial charge is 0.326 e.